The highest BCUT2D eigenvalue weighted by Crippen LogP contribution is 2.30. The molecule has 2 heterocycles. The Labute approximate surface area is 166 Å². The Morgan fingerprint density at radius 2 is 1.89 bits per heavy atom. The van der Waals surface area contributed by atoms with E-state index in [0.717, 1.165) is 11.1 Å². The van der Waals surface area contributed by atoms with Crippen LogP contribution < -0.4 is 10.2 Å². The molecule has 1 atom stereocenters. The third-order valence-corrected chi connectivity index (χ3v) is 5.45. The minimum atomic E-state index is -1.05. The monoisotopic (exact) mass is 399 g/mol. The van der Waals surface area contributed by atoms with Gasteiger partial charge in [0.2, 0.25) is 0 Å². The first-order valence-electron chi connectivity index (χ1n) is 8.91. The van der Waals surface area contributed by atoms with Crippen LogP contribution in [0, 0.1) is 0 Å². The van der Waals surface area contributed by atoms with Gasteiger partial charge in [-0.15, -0.1) is 0 Å². The number of fused-ring (bicyclic) bond motifs is 1. The number of urea groups is 1. The first-order chi connectivity index (χ1) is 13.5. The number of carboxylic acids is 1. The maximum absolute atomic E-state index is 13.2. The largest absolute Gasteiger partial charge is 0.480 e. The van der Waals surface area contributed by atoms with Crippen LogP contribution in [0.3, 0.4) is 0 Å². The molecule has 0 saturated carbocycles. The summed E-state index contributed by atoms with van der Waals surface area (Å²) >= 11 is 6.24. The number of hydrogen-bond acceptors (Lipinski definition) is 3. The lowest BCUT2D eigenvalue weighted by Gasteiger charge is -2.34. The van der Waals surface area contributed by atoms with Gasteiger partial charge in [0.05, 0.1) is 10.7 Å². The third kappa shape index (κ3) is 3.18. The van der Waals surface area contributed by atoms with Gasteiger partial charge in [-0.2, -0.15) is 0 Å². The Morgan fingerprint density at radius 3 is 2.57 bits per heavy atom. The standard InChI is InChI=1S/C20H18ClN3O4/c21-15-6-5-13(10-16(15)23-8-7-22-20(23)28)18(25)24-11-14-4-2-1-3-12(14)9-17(24)19(26)27/h1-6,10,17H,7-9,11H2,(H,22,28)(H,26,27)/t17-/m0/s1. The Bertz CT molecular complexity index is 978. The number of carboxylic acid groups (broad SMARTS) is 1. The number of aliphatic carboxylic acids is 1. The van der Waals surface area contributed by atoms with E-state index < -0.39 is 17.9 Å². The molecule has 0 unspecified atom stereocenters. The fourth-order valence-corrected chi connectivity index (χ4v) is 3.90. The molecule has 1 fully saturated rings. The van der Waals surface area contributed by atoms with Crippen molar-refractivity contribution in [2.75, 3.05) is 18.0 Å². The van der Waals surface area contributed by atoms with Crippen LogP contribution in [-0.2, 0) is 17.8 Å². The predicted molar refractivity (Wildman–Crippen MR) is 104 cm³/mol. The van der Waals surface area contributed by atoms with E-state index in [4.69, 9.17) is 11.6 Å². The molecular formula is C20H18ClN3O4. The van der Waals surface area contributed by atoms with Gasteiger partial charge in [0, 0.05) is 31.6 Å². The number of rotatable bonds is 3. The lowest BCUT2D eigenvalue weighted by Crippen LogP contribution is -2.48. The van der Waals surface area contributed by atoms with Gasteiger partial charge in [-0.1, -0.05) is 35.9 Å². The van der Waals surface area contributed by atoms with E-state index in [1.807, 2.05) is 24.3 Å². The van der Waals surface area contributed by atoms with Crippen molar-refractivity contribution in [3.8, 4) is 0 Å². The zero-order valence-electron chi connectivity index (χ0n) is 14.9. The van der Waals surface area contributed by atoms with Gasteiger partial charge in [-0.05, 0) is 29.3 Å². The molecule has 7 nitrogen and oxygen atoms in total. The Kier molecular flexibility index (Phi) is 4.68. The molecule has 0 radical (unpaired) electrons. The van der Waals surface area contributed by atoms with E-state index in [1.54, 1.807) is 18.2 Å². The minimum absolute atomic E-state index is 0.216. The Balaban J connectivity index is 1.68. The first kappa shape index (κ1) is 18.3. The molecule has 2 N–H and O–H groups in total. The number of hydrogen-bond donors (Lipinski definition) is 2. The van der Waals surface area contributed by atoms with E-state index >= 15 is 0 Å². The van der Waals surface area contributed by atoms with E-state index in [9.17, 15) is 19.5 Å². The van der Waals surface area contributed by atoms with Gasteiger partial charge in [0.1, 0.15) is 6.04 Å². The fraction of sp³-hybridized carbons (Fsp3) is 0.250. The summed E-state index contributed by atoms with van der Waals surface area (Å²) in [5, 5.41) is 12.7. The molecule has 0 spiro atoms. The molecule has 2 aromatic rings. The topological polar surface area (TPSA) is 89.9 Å². The van der Waals surface area contributed by atoms with Gasteiger partial charge < -0.3 is 15.3 Å². The second-order valence-electron chi connectivity index (χ2n) is 6.81. The molecule has 3 amide bonds. The third-order valence-electron chi connectivity index (χ3n) is 5.14. The maximum atomic E-state index is 13.2. The molecule has 28 heavy (non-hydrogen) atoms. The number of nitrogens with zero attached hydrogens (tertiary/aromatic N) is 2. The van der Waals surface area contributed by atoms with Crippen molar-refractivity contribution < 1.29 is 19.5 Å². The molecule has 2 aromatic carbocycles. The van der Waals surface area contributed by atoms with Crippen LogP contribution in [0.15, 0.2) is 42.5 Å². The number of carbonyl (C=O) groups is 3. The van der Waals surface area contributed by atoms with Crippen LogP contribution in [0.5, 0.6) is 0 Å². The summed E-state index contributed by atoms with van der Waals surface area (Å²) in [5.41, 5.74) is 2.60. The lowest BCUT2D eigenvalue weighted by atomic mass is 9.93. The summed E-state index contributed by atoms with van der Waals surface area (Å²) in [6, 6.07) is 11.0. The molecule has 8 heteroatoms. The molecule has 2 aliphatic heterocycles. The van der Waals surface area contributed by atoms with E-state index in [1.165, 1.54) is 9.80 Å². The van der Waals surface area contributed by atoms with Gasteiger partial charge in [0.15, 0.2) is 0 Å². The molecule has 0 bridgehead atoms. The molecule has 0 aromatic heterocycles. The summed E-state index contributed by atoms with van der Waals surface area (Å²) in [7, 11) is 0. The summed E-state index contributed by atoms with van der Waals surface area (Å²) in [6.07, 6.45) is 0.256. The smallest absolute Gasteiger partial charge is 0.326 e. The first-order valence-corrected chi connectivity index (χ1v) is 9.29. The van der Waals surface area contributed by atoms with Gasteiger partial charge in [-0.25, -0.2) is 9.59 Å². The molecule has 0 aliphatic carbocycles. The fourth-order valence-electron chi connectivity index (χ4n) is 3.68. The molecule has 1 saturated heterocycles. The second-order valence-corrected chi connectivity index (χ2v) is 7.22. The van der Waals surface area contributed by atoms with Crippen LogP contribution in [0.2, 0.25) is 5.02 Å². The molecule has 2 aliphatic rings. The maximum Gasteiger partial charge on any atom is 0.326 e. The zero-order chi connectivity index (χ0) is 19.8. The highest BCUT2D eigenvalue weighted by molar-refractivity contribution is 6.34. The summed E-state index contributed by atoms with van der Waals surface area (Å²) in [4.78, 5) is 39.8. The van der Waals surface area contributed by atoms with Crippen LogP contribution in [0.4, 0.5) is 10.5 Å². The molecular weight excluding hydrogens is 382 g/mol. The zero-order valence-corrected chi connectivity index (χ0v) is 15.6. The second kappa shape index (κ2) is 7.16. The Hall–Kier alpha value is -3.06. The average molecular weight is 400 g/mol. The van der Waals surface area contributed by atoms with Crippen LogP contribution >= 0.6 is 11.6 Å². The molecule has 144 valence electrons. The highest BCUT2D eigenvalue weighted by atomic mass is 35.5. The van der Waals surface area contributed by atoms with Crippen LogP contribution in [0.1, 0.15) is 21.5 Å². The average Bonchev–Trinajstić information content (AvgIpc) is 3.12. The highest BCUT2D eigenvalue weighted by Gasteiger charge is 2.35. The van der Waals surface area contributed by atoms with Crippen LogP contribution in [0.25, 0.3) is 0 Å². The van der Waals surface area contributed by atoms with Gasteiger partial charge >= 0.3 is 12.0 Å². The van der Waals surface area contributed by atoms with Crippen LogP contribution in [-0.4, -0.2) is 47.0 Å². The van der Waals surface area contributed by atoms with E-state index in [2.05, 4.69) is 5.32 Å². The number of anilines is 1. The predicted octanol–water partition coefficient (Wildman–Crippen LogP) is 2.52. The summed E-state index contributed by atoms with van der Waals surface area (Å²) in [5.74, 6) is -1.45. The van der Waals surface area contributed by atoms with Crippen molar-refractivity contribution in [2.24, 2.45) is 0 Å². The Morgan fingerprint density at radius 1 is 1.14 bits per heavy atom. The van der Waals surface area contributed by atoms with E-state index in [-0.39, 0.29) is 19.0 Å². The summed E-state index contributed by atoms with van der Waals surface area (Å²) in [6.45, 7) is 1.16. The SMILES string of the molecule is O=C(O)[C@@H]1Cc2ccccc2CN1C(=O)c1ccc(Cl)c(N2CCNC2=O)c1. The van der Waals surface area contributed by atoms with Crippen molar-refractivity contribution in [1.29, 1.82) is 0 Å². The number of amides is 3. The quantitative estimate of drug-likeness (QED) is 0.829. The lowest BCUT2D eigenvalue weighted by molar-refractivity contribution is -0.142. The van der Waals surface area contributed by atoms with Crippen molar-refractivity contribution in [1.82, 2.24) is 10.2 Å². The normalized spacial score (nSPS) is 18.6. The van der Waals surface area contributed by atoms with Crippen molar-refractivity contribution in [3.63, 3.8) is 0 Å². The van der Waals surface area contributed by atoms with Crippen molar-refractivity contribution in [3.05, 3.63) is 64.2 Å². The number of carbonyl (C=O) groups excluding carboxylic acids is 2. The molecule has 4 rings (SSSR count). The number of benzene rings is 2. The minimum Gasteiger partial charge on any atom is -0.480 e. The summed E-state index contributed by atoms with van der Waals surface area (Å²) < 4.78 is 0. The van der Waals surface area contributed by atoms with Crippen molar-refractivity contribution in [2.45, 2.75) is 19.0 Å². The van der Waals surface area contributed by atoms with Crippen molar-refractivity contribution >= 4 is 35.2 Å². The van der Waals surface area contributed by atoms with E-state index in [0.29, 0.717) is 29.4 Å². The number of halogens is 1. The number of nitrogens with one attached hydrogen (secondary N) is 1. The van der Waals surface area contributed by atoms with Gasteiger partial charge in [-0.3, -0.25) is 9.69 Å². The van der Waals surface area contributed by atoms with Gasteiger partial charge in [0.25, 0.3) is 5.91 Å².